The lowest BCUT2D eigenvalue weighted by Gasteiger charge is -2.02. The monoisotopic (exact) mass is 212 g/mol. The first-order valence-corrected chi connectivity index (χ1v) is 4.42. The standard InChI is InChI=1S/C10H12O5/c1-3-9(11)14-4-7(2)10(12)15-6-8-5-13-8/h3-4,8H,1,5-6H2,2H3/b7-4+. The van der Waals surface area contributed by atoms with E-state index in [0.29, 0.717) is 6.61 Å². The lowest BCUT2D eigenvalue weighted by molar-refractivity contribution is -0.139. The van der Waals surface area contributed by atoms with Gasteiger partial charge in [0.05, 0.1) is 12.2 Å². The molecule has 0 N–H and O–H groups in total. The van der Waals surface area contributed by atoms with Crippen LogP contribution in [0.2, 0.25) is 0 Å². The summed E-state index contributed by atoms with van der Waals surface area (Å²) in [6.45, 7) is 5.57. The van der Waals surface area contributed by atoms with Gasteiger partial charge in [-0.2, -0.15) is 0 Å². The summed E-state index contributed by atoms with van der Waals surface area (Å²) in [5.74, 6) is -1.14. The summed E-state index contributed by atoms with van der Waals surface area (Å²) < 4.78 is 14.2. The molecule has 0 amide bonds. The van der Waals surface area contributed by atoms with E-state index in [1.54, 1.807) is 0 Å². The molecule has 1 fully saturated rings. The van der Waals surface area contributed by atoms with Crippen LogP contribution < -0.4 is 0 Å². The molecule has 1 aliphatic rings. The molecule has 1 saturated heterocycles. The molecule has 1 unspecified atom stereocenters. The molecule has 1 heterocycles. The topological polar surface area (TPSA) is 65.1 Å². The zero-order chi connectivity index (χ0) is 11.3. The number of hydrogen-bond acceptors (Lipinski definition) is 5. The first-order chi connectivity index (χ1) is 7.13. The fourth-order valence-corrected chi connectivity index (χ4v) is 0.689. The molecule has 0 bridgehead atoms. The van der Waals surface area contributed by atoms with Crippen LogP contribution in [0, 0.1) is 0 Å². The Morgan fingerprint density at radius 1 is 1.60 bits per heavy atom. The maximum absolute atomic E-state index is 11.2. The third kappa shape index (κ3) is 4.42. The molecule has 0 aromatic heterocycles. The highest BCUT2D eigenvalue weighted by Crippen LogP contribution is 2.09. The Bertz CT molecular complexity index is 301. The first kappa shape index (κ1) is 11.5. The average Bonchev–Trinajstić information content (AvgIpc) is 3.05. The summed E-state index contributed by atoms with van der Waals surface area (Å²) >= 11 is 0. The maximum atomic E-state index is 11.2. The molecule has 1 aliphatic heterocycles. The van der Waals surface area contributed by atoms with Gasteiger partial charge in [-0.25, -0.2) is 9.59 Å². The van der Waals surface area contributed by atoms with E-state index < -0.39 is 11.9 Å². The summed E-state index contributed by atoms with van der Waals surface area (Å²) in [7, 11) is 0. The quantitative estimate of drug-likeness (QED) is 0.288. The van der Waals surface area contributed by atoms with Crippen molar-refractivity contribution in [3.05, 3.63) is 24.5 Å². The number of esters is 2. The van der Waals surface area contributed by atoms with E-state index >= 15 is 0 Å². The number of ether oxygens (including phenoxy) is 3. The normalized spacial score (nSPS) is 19.3. The van der Waals surface area contributed by atoms with Crippen molar-refractivity contribution in [2.24, 2.45) is 0 Å². The van der Waals surface area contributed by atoms with Crippen LogP contribution in [0.3, 0.4) is 0 Å². The van der Waals surface area contributed by atoms with Crippen LogP contribution in [0.15, 0.2) is 24.5 Å². The third-order valence-electron chi connectivity index (χ3n) is 1.64. The minimum atomic E-state index is -0.618. The second-order valence-corrected chi connectivity index (χ2v) is 3.00. The fraction of sp³-hybridized carbons (Fsp3) is 0.400. The van der Waals surface area contributed by atoms with Gasteiger partial charge in [-0.05, 0) is 6.92 Å². The van der Waals surface area contributed by atoms with Crippen molar-refractivity contribution in [2.75, 3.05) is 13.2 Å². The Morgan fingerprint density at radius 3 is 2.80 bits per heavy atom. The van der Waals surface area contributed by atoms with Gasteiger partial charge in [0.2, 0.25) is 0 Å². The van der Waals surface area contributed by atoms with Gasteiger partial charge in [-0.1, -0.05) is 6.58 Å². The average molecular weight is 212 g/mol. The second-order valence-electron chi connectivity index (χ2n) is 3.00. The minimum Gasteiger partial charge on any atom is -0.459 e. The molecule has 0 aromatic rings. The van der Waals surface area contributed by atoms with Crippen LogP contribution in [-0.2, 0) is 23.8 Å². The summed E-state index contributed by atoms with van der Waals surface area (Å²) in [5, 5.41) is 0. The van der Waals surface area contributed by atoms with Gasteiger partial charge in [-0.15, -0.1) is 0 Å². The van der Waals surface area contributed by atoms with Gasteiger partial charge in [0.15, 0.2) is 0 Å². The smallest absolute Gasteiger partial charge is 0.336 e. The lowest BCUT2D eigenvalue weighted by Crippen LogP contribution is -2.11. The third-order valence-corrected chi connectivity index (χ3v) is 1.64. The summed E-state index contributed by atoms with van der Waals surface area (Å²) in [6.07, 6.45) is 2.07. The van der Waals surface area contributed by atoms with E-state index in [0.717, 1.165) is 12.3 Å². The Hall–Kier alpha value is -1.62. The zero-order valence-electron chi connectivity index (χ0n) is 8.39. The molecule has 82 valence electrons. The van der Waals surface area contributed by atoms with E-state index in [1.807, 2.05) is 0 Å². The summed E-state index contributed by atoms with van der Waals surface area (Å²) in [5.41, 5.74) is 0.214. The number of carbonyl (C=O) groups excluding carboxylic acids is 2. The first-order valence-electron chi connectivity index (χ1n) is 4.42. The van der Waals surface area contributed by atoms with Crippen LogP contribution in [0.4, 0.5) is 0 Å². The Kier molecular flexibility index (Phi) is 4.05. The van der Waals surface area contributed by atoms with Crippen LogP contribution in [-0.4, -0.2) is 31.3 Å². The van der Waals surface area contributed by atoms with Gasteiger partial charge in [0.25, 0.3) is 0 Å². The van der Waals surface area contributed by atoms with E-state index in [4.69, 9.17) is 9.47 Å². The van der Waals surface area contributed by atoms with E-state index in [1.165, 1.54) is 6.92 Å². The van der Waals surface area contributed by atoms with Crippen molar-refractivity contribution in [1.82, 2.24) is 0 Å². The minimum absolute atomic E-state index is 0.0254. The fourth-order valence-electron chi connectivity index (χ4n) is 0.689. The summed E-state index contributed by atoms with van der Waals surface area (Å²) in [4.78, 5) is 21.9. The molecule has 0 spiro atoms. The van der Waals surface area contributed by atoms with Crippen LogP contribution >= 0.6 is 0 Å². The van der Waals surface area contributed by atoms with Crippen LogP contribution in [0.1, 0.15) is 6.92 Å². The molecule has 0 aromatic carbocycles. The highest BCUT2D eigenvalue weighted by molar-refractivity contribution is 5.88. The van der Waals surface area contributed by atoms with Crippen molar-refractivity contribution in [3.63, 3.8) is 0 Å². The number of epoxide rings is 1. The van der Waals surface area contributed by atoms with Crippen molar-refractivity contribution in [3.8, 4) is 0 Å². The highest BCUT2D eigenvalue weighted by atomic mass is 16.6. The van der Waals surface area contributed by atoms with E-state index in [9.17, 15) is 9.59 Å². The number of carbonyl (C=O) groups is 2. The largest absolute Gasteiger partial charge is 0.459 e. The molecule has 0 radical (unpaired) electrons. The van der Waals surface area contributed by atoms with E-state index in [2.05, 4.69) is 11.3 Å². The molecule has 0 aliphatic carbocycles. The molecular weight excluding hydrogens is 200 g/mol. The molecular formula is C10H12O5. The van der Waals surface area contributed by atoms with E-state index in [-0.39, 0.29) is 18.3 Å². The van der Waals surface area contributed by atoms with Crippen LogP contribution in [0.5, 0.6) is 0 Å². The molecule has 15 heavy (non-hydrogen) atoms. The highest BCUT2D eigenvalue weighted by Gasteiger charge is 2.24. The predicted molar refractivity (Wildman–Crippen MR) is 50.7 cm³/mol. The van der Waals surface area contributed by atoms with Crippen molar-refractivity contribution >= 4 is 11.9 Å². The number of hydrogen-bond donors (Lipinski definition) is 0. The van der Waals surface area contributed by atoms with Crippen molar-refractivity contribution in [2.45, 2.75) is 13.0 Å². The van der Waals surface area contributed by atoms with Gasteiger partial charge in [0, 0.05) is 6.08 Å². The summed E-state index contributed by atoms with van der Waals surface area (Å²) in [6, 6.07) is 0. The molecule has 5 heteroatoms. The molecule has 1 atom stereocenters. The second kappa shape index (κ2) is 5.31. The molecule has 1 rings (SSSR count). The Labute approximate surface area is 87.3 Å². The lowest BCUT2D eigenvalue weighted by atomic mass is 10.3. The zero-order valence-corrected chi connectivity index (χ0v) is 8.39. The SMILES string of the molecule is C=CC(=O)O/C=C(\C)C(=O)OCC1CO1. The Morgan fingerprint density at radius 2 is 2.27 bits per heavy atom. The van der Waals surface area contributed by atoms with Crippen molar-refractivity contribution in [1.29, 1.82) is 0 Å². The van der Waals surface area contributed by atoms with Gasteiger partial charge >= 0.3 is 11.9 Å². The van der Waals surface area contributed by atoms with Crippen molar-refractivity contribution < 1.29 is 23.8 Å². The van der Waals surface area contributed by atoms with Gasteiger partial charge in [0.1, 0.15) is 19.0 Å². The molecule has 5 nitrogen and oxygen atoms in total. The predicted octanol–water partition coefficient (Wildman–Crippen LogP) is 0.561. The van der Waals surface area contributed by atoms with Crippen LogP contribution in [0.25, 0.3) is 0 Å². The molecule has 0 saturated carbocycles. The Balaban J connectivity index is 2.29. The maximum Gasteiger partial charge on any atom is 0.336 e. The van der Waals surface area contributed by atoms with Gasteiger partial charge < -0.3 is 14.2 Å². The number of rotatable bonds is 5. The van der Waals surface area contributed by atoms with Gasteiger partial charge in [-0.3, -0.25) is 0 Å².